The summed E-state index contributed by atoms with van der Waals surface area (Å²) in [5.41, 5.74) is 2.20. The van der Waals surface area contributed by atoms with Gasteiger partial charge in [-0.15, -0.1) is 0 Å². The van der Waals surface area contributed by atoms with E-state index in [0.717, 1.165) is 25.7 Å². The van der Waals surface area contributed by atoms with E-state index in [4.69, 9.17) is 10.6 Å². The van der Waals surface area contributed by atoms with Crippen LogP contribution >= 0.6 is 0 Å². The van der Waals surface area contributed by atoms with Crippen molar-refractivity contribution in [3.8, 4) is 5.88 Å². The van der Waals surface area contributed by atoms with E-state index < -0.39 is 0 Å². The van der Waals surface area contributed by atoms with Gasteiger partial charge in [0, 0.05) is 18.3 Å². The van der Waals surface area contributed by atoms with E-state index in [0.29, 0.717) is 5.88 Å². The number of nitrogens with two attached hydrogens (primary N) is 1. The molecule has 3 N–H and O–H groups in total. The zero-order valence-corrected chi connectivity index (χ0v) is 9.50. The molecule has 0 spiro atoms. The number of nitrogens with zero attached hydrogens (tertiary/aromatic N) is 2. The first kappa shape index (κ1) is 11.8. The van der Waals surface area contributed by atoms with Crippen LogP contribution in [0.4, 0.5) is 0 Å². The van der Waals surface area contributed by atoms with Gasteiger partial charge in [-0.05, 0) is 25.7 Å². The molecule has 1 fully saturated rings. The van der Waals surface area contributed by atoms with E-state index in [1.54, 1.807) is 18.6 Å². The molecule has 0 aromatic carbocycles. The van der Waals surface area contributed by atoms with E-state index in [9.17, 15) is 4.79 Å². The second kappa shape index (κ2) is 5.58. The fourth-order valence-corrected chi connectivity index (χ4v) is 2.08. The van der Waals surface area contributed by atoms with Gasteiger partial charge in [0.25, 0.3) is 0 Å². The first-order valence-electron chi connectivity index (χ1n) is 5.72. The quantitative estimate of drug-likeness (QED) is 0.450. The van der Waals surface area contributed by atoms with Crippen molar-refractivity contribution < 1.29 is 9.53 Å². The molecule has 6 nitrogen and oxygen atoms in total. The fraction of sp³-hybridized carbons (Fsp3) is 0.545. The van der Waals surface area contributed by atoms with Crippen LogP contribution in [0.15, 0.2) is 18.6 Å². The van der Waals surface area contributed by atoms with Gasteiger partial charge in [-0.25, -0.2) is 10.8 Å². The molecule has 0 bridgehead atoms. The van der Waals surface area contributed by atoms with Crippen LogP contribution in [-0.4, -0.2) is 22.0 Å². The lowest BCUT2D eigenvalue weighted by Crippen LogP contribution is -2.38. The molecule has 1 amide bonds. The second-order valence-corrected chi connectivity index (χ2v) is 4.14. The second-order valence-electron chi connectivity index (χ2n) is 4.14. The summed E-state index contributed by atoms with van der Waals surface area (Å²) in [5.74, 6) is 5.59. The van der Waals surface area contributed by atoms with Crippen LogP contribution in [0.1, 0.15) is 25.7 Å². The molecule has 0 aliphatic heterocycles. The fourth-order valence-electron chi connectivity index (χ4n) is 2.08. The Morgan fingerprint density at radius 2 is 2.12 bits per heavy atom. The molecular weight excluding hydrogens is 220 g/mol. The number of aromatic nitrogens is 2. The van der Waals surface area contributed by atoms with Gasteiger partial charge in [0.15, 0.2) is 0 Å². The van der Waals surface area contributed by atoms with Crippen molar-refractivity contribution >= 4 is 5.91 Å². The minimum Gasteiger partial charge on any atom is -0.473 e. The Morgan fingerprint density at radius 3 is 2.71 bits per heavy atom. The first-order valence-corrected chi connectivity index (χ1v) is 5.72. The van der Waals surface area contributed by atoms with Gasteiger partial charge in [0.2, 0.25) is 11.8 Å². The van der Waals surface area contributed by atoms with Gasteiger partial charge >= 0.3 is 0 Å². The summed E-state index contributed by atoms with van der Waals surface area (Å²) >= 11 is 0. The SMILES string of the molecule is NNC(=O)C1CCC(Oc2cnccn2)CC1. The van der Waals surface area contributed by atoms with Crippen LogP contribution in [0.5, 0.6) is 5.88 Å². The van der Waals surface area contributed by atoms with Crippen molar-refractivity contribution in [1.82, 2.24) is 15.4 Å². The lowest BCUT2D eigenvalue weighted by atomic mass is 9.87. The number of ether oxygens (including phenoxy) is 1. The Kier molecular flexibility index (Phi) is 3.87. The lowest BCUT2D eigenvalue weighted by molar-refractivity contribution is -0.126. The number of carbonyl (C=O) groups is 1. The third-order valence-electron chi connectivity index (χ3n) is 3.01. The molecule has 1 aliphatic rings. The van der Waals surface area contributed by atoms with Crippen molar-refractivity contribution in [1.29, 1.82) is 0 Å². The molecule has 1 aromatic heterocycles. The van der Waals surface area contributed by atoms with E-state index in [1.165, 1.54) is 0 Å². The molecule has 6 heteroatoms. The summed E-state index contributed by atoms with van der Waals surface area (Å²) in [7, 11) is 0. The van der Waals surface area contributed by atoms with Crippen LogP contribution in [0.3, 0.4) is 0 Å². The van der Waals surface area contributed by atoms with Gasteiger partial charge in [-0.3, -0.25) is 15.2 Å². The van der Waals surface area contributed by atoms with Gasteiger partial charge < -0.3 is 4.74 Å². The van der Waals surface area contributed by atoms with Crippen molar-refractivity contribution in [2.24, 2.45) is 11.8 Å². The minimum absolute atomic E-state index is 0.0155. The van der Waals surface area contributed by atoms with Gasteiger partial charge in [0.1, 0.15) is 6.10 Å². The average Bonchev–Trinajstić information content (AvgIpc) is 2.40. The summed E-state index contributed by atoms with van der Waals surface area (Å²) in [4.78, 5) is 19.3. The van der Waals surface area contributed by atoms with Gasteiger partial charge in [-0.1, -0.05) is 0 Å². The number of hydrogen-bond donors (Lipinski definition) is 2. The highest BCUT2D eigenvalue weighted by atomic mass is 16.5. The standard InChI is InChI=1S/C11H16N4O2/c12-15-11(16)8-1-3-9(4-2-8)17-10-7-13-5-6-14-10/h5-9H,1-4,12H2,(H,15,16). The number of carbonyl (C=O) groups excluding carboxylic acids is 1. The van der Waals surface area contributed by atoms with E-state index in [2.05, 4.69) is 15.4 Å². The van der Waals surface area contributed by atoms with E-state index in [1.807, 2.05) is 0 Å². The molecule has 1 heterocycles. The summed E-state index contributed by atoms with van der Waals surface area (Å²) in [6.07, 6.45) is 8.20. The van der Waals surface area contributed by atoms with Crippen LogP contribution in [-0.2, 0) is 4.79 Å². The maximum absolute atomic E-state index is 11.3. The average molecular weight is 236 g/mol. The van der Waals surface area contributed by atoms with Crippen LogP contribution in [0.2, 0.25) is 0 Å². The van der Waals surface area contributed by atoms with Gasteiger partial charge in [-0.2, -0.15) is 0 Å². The number of rotatable bonds is 3. The summed E-state index contributed by atoms with van der Waals surface area (Å²) in [6.45, 7) is 0. The zero-order valence-electron chi connectivity index (χ0n) is 9.50. The van der Waals surface area contributed by atoms with Crippen LogP contribution in [0.25, 0.3) is 0 Å². The third-order valence-corrected chi connectivity index (χ3v) is 3.01. The third kappa shape index (κ3) is 3.13. The number of hydrazine groups is 1. The molecule has 1 aromatic rings. The molecule has 1 aliphatic carbocycles. The van der Waals surface area contributed by atoms with Crippen molar-refractivity contribution in [2.45, 2.75) is 31.8 Å². The Morgan fingerprint density at radius 1 is 1.35 bits per heavy atom. The molecule has 1 saturated carbocycles. The summed E-state index contributed by atoms with van der Waals surface area (Å²) in [6, 6.07) is 0. The highest BCUT2D eigenvalue weighted by Gasteiger charge is 2.26. The normalized spacial score (nSPS) is 24.1. The van der Waals surface area contributed by atoms with Crippen LogP contribution < -0.4 is 16.0 Å². The Labute approximate surface area is 99.6 Å². The first-order chi connectivity index (χ1) is 8.29. The molecule has 2 rings (SSSR count). The molecule has 0 radical (unpaired) electrons. The largest absolute Gasteiger partial charge is 0.473 e. The van der Waals surface area contributed by atoms with Crippen LogP contribution in [0, 0.1) is 5.92 Å². The minimum atomic E-state index is -0.0806. The Bertz CT molecular complexity index is 363. The molecular formula is C11H16N4O2. The van der Waals surface area contributed by atoms with Crippen molar-refractivity contribution in [3.05, 3.63) is 18.6 Å². The monoisotopic (exact) mass is 236 g/mol. The zero-order chi connectivity index (χ0) is 12.1. The number of amides is 1. The van der Waals surface area contributed by atoms with E-state index in [-0.39, 0.29) is 17.9 Å². The highest BCUT2D eigenvalue weighted by Crippen LogP contribution is 2.26. The molecule has 0 unspecified atom stereocenters. The lowest BCUT2D eigenvalue weighted by Gasteiger charge is -2.27. The number of nitrogens with one attached hydrogen (secondary N) is 1. The molecule has 17 heavy (non-hydrogen) atoms. The Balaban J connectivity index is 1.82. The highest BCUT2D eigenvalue weighted by molar-refractivity contribution is 5.77. The topological polar surface area (TPSA) is 90.1 Å². The smallest absolute Gasteiger partial charge is 0.236 e. The molecule has 0 atom stereocenters. The van der Waals surface area contributed by atoms with Gasteiger partial charge in [0.05, 0.1) is 6.20 Å². The predicted molar refractivity (Wildman–Crippen MR) is 60.7 cm³/mol. The maximum Gasteiger partial charge on any atom is 0.236 e. The van der Waals surface area contributed by atoms with Crippen molar-refractivity contribution in [3.63, 3.8) is 0 Å². The Hall–Kier alpha value is -1.69. The summed E-state index contributed by atoms with van der Waals surface area (Å²) < 4.78 is 5.68. The van der Waals surface area contributed by atoms with E-state index >= 15 is 0 Å². The summed E-state index contributed by atoms with van der Waals surface area (Å²) in [5, 5.41) is 0. The predicted octanol–water partition coefficient (Wildman–Crippen LogP) is 0.404. The maximum atomic E-state index is 11.3. The number of hydrogen-bond acceptors (Lipinski definition) is 5. The molecule has 92 valence electrons. The molecule has 0 saturated heterocycles. The van der Waals surface area contributed by atoms with Crippen molar-refractivity contribution in [2.75, 3.05) is 0 Å².